The molecule has 0 spiro atoms. The van der Waals surface area contributed by atoms with Gasteiger partial charge in [-0.1, -0.05) is 23.2 Å². The molecule has 0 bridgehead atoms. The number of halogens is 2. The molecule has 0 unspecified atom stereocenters. The number of ether oxygens (including phenoxy) is 1. The largest absolute Gasteiger partial charge is 0.497 e. The smallest absolute Gasteiger partial charge is 0.243 e. The second kappa shape index (κ2) is 7.41. The predicted octanol–water partition coefficient (Wildman–Crippen LogP) is 3.51. The molecule has 134 valence electrons. The van der Waals surface area contributed by atoms with E-state index in [2.05, 4.69) is 4.90 Å². The molecule has 1 heterocycles. The van der Waals surface area contributed by atoms with Crippen LogP contribution in [-0.4, -0.2) is 46.0 Å². The van der Waals surface area contributed by atoms with Crippen LogP contribution in [0.5, 0.6) is 5.75 Å². The van der Waals surface area contributed by atoms with Gasteiger partial charge in [0.1, 0.15) is 5.75 Å². The molecule has 0 amide bonds. The average Bonchev–Trinajstić information content (AvgIpc) is 2.61. The van der Waals surface area contributed by atoms with Gasteiger partial charge in [0.15, 0.2) is 0 Å². The molecule has 0 N–H and O–H groups in total. The maximum Gasteiger partial charge on any atom is 0.243 e. The molecule has 0 aliphatic carbocycles. The van der Waals surface area contributed by atoms with Crippen LogP contribution >= 0.6 is 23.2 Å². The maximum atomic E-state index is 12.8. The van der Waals surface area contributed by atoms with Crippen LogP contribution in [0.2, 0.25) is 10.0 Å². The summed E-state index contributed by atoms with van der Waals surface area (Å²) in [6.07, 6.45) is 0. The van der Waals surface area contributed by atoms with Crippen molar-refractivity contribution in [1.82, 2.24) is 4.31 Å². The normalized spacial score (nSPS) is 16.0. The number of methoxy groups -OCH3 is 1. The fraction of sp³-hybridized carbons (Fsp3) is 0.294. The summed E-state index contributed by atoms with van der Waals surface area (Å²) >= 11 is 11.9. The van der Waals surface area contributed by atoms with E-state index in [1.165, 1.54) is 22.5 Å². The van der Waals surface area contributed by atoms with Crippen molar-refractivity contribution in [2.24, 2.45) is 0 Å². The lowest BCUT2D eigenvalue weighted by molar-refractivity contribution is 0.384. The number of piperazine rings is 1. The zero-order valence-electron chi connectivity index (χ0n) is 13.7. The summed E-state index contributed by atoms with van der Waals surface area (Å²) in [4.78, 5) is 2.28. The minimum Gasteiger partial charge on any atom is -0.497 e. The van der Waals surface area contributed by atoms with Crippen LogP contribution in [0.4, 0.5) is 5.69 Å². The number of hydrogen-bond acceptors (Lipinski definition) is 4. The zero-order valence-corrected chi connectivity index (χ0v) is 16.0. The third-order valence-electron chi connectivity index (χ3n) is 4.15. The van der Waals surface area contributed by atoms with Crippen molar-refractivity contribution in [1.29, 1.82) is 0 Å². The number of rotatable bonds is 4. The molecule has 0 radical (unpaired) electrons. The lowest BCUT2D eigenvalue weighted by atomic mass is 10.2. The number of nitrogens with zero attached hydrogens (tertiary/aromatic N) is 2. The zero-order chi connectivity index (χ0) is 18.0. The van der Waals surface area contributed by atoms with E-state index in [0.29, 0.717) is 36.2 Å². The molecular formula is C17H18Cl2N2O3S. The van der Waals surface area contributed by atoms with E-state index in [-0.39, 0.29) is 4.90 Å². The lowest BCUT2D eigenvalue weighted by Gasteiger charge is -2.35. The molecule has 5 nitrogen and oxygen atoms in total. The van der Waals surface area contributed by atoms with Gasteiger partial charge in [-0.2, -0.15) is 4.31 Å². The molecule has 8 heteroatoms. The number of anilines is 1. The highest BCUT2D eigenvalue weighted by molar-refractivity contribution is 7.89. The molecule has 2 aromatic rings. The van der Waals surface area contributed by atoms with Gasteiger partial charge in [0.05, 0.1) is 12.0 Å². The molecule has 0 aromatic heterocycles. The molecule has 1 saturated heterocycles. The Hall–Kier alpha value is -1.47. The third kappa shape index (κ3) is 4.03. The summed E-state index contributed by atoms with van der Waals surface area (Å²) in [6.45, 7) is 2.02. The summed E-state index contributed by atoms with van der Waals surface area (Å²) in [5, 5.41) is 0.617. The Kier molecular flexibility index (Phi) is 5.43. The summed E-state index contributed by atoms with van der Waals surface area (Å²) in [5.41, 5.74) is 1.05. The SMILES string of the molecule is COc1ccc(N2CCN(S(=O)(=O)c3cc(Cl)cc(Cl)c3)CC2)cc1. The van der Waals surface area contributed by atoms with Crippen LogP contribution in [0.25, 0.3) is 0 Å². The second-order valence-electron chi connectivity index (χ2n) is 5.69. The van der Waals surface area contributed by atoms with E-state index in [0.717, 1.165) is 11.4 Å². The molecule has 0 saturated carbocycles. The van der Waals surface area contributed by atoms with E-state index < -0.39 is 10.0 Å². The van der Waals surface area contributed by atoms with E-state index >= 15 is 0 Å². The van der Waals surface area contributed by atoms with E-state index in [4.69, 9.17) is 27.9 Å². The lowest BCUT2D eigenvalue weighted by Crippen LogP contribution is -2.48. The van der Waals surface area contributed by atoms with Crippen molar-refractivity contribution in [3.63, 3.8) is 0 Å². The van der Waals surface area contributed by atoms with Crippen molar-refractivity contribution in [2.45, 2.75) is 4.90 Å². The molecule has 1 fully saturated rings. The van der Waals surface area contributed by atoms with Crippen molar-refractivity contribution in [2.75, 3.05) is 38.2 Å². The molecule has 0 atom stereocenters. The average molecular weight is 401 g/mol. The van der Waals surface area contributed by atoms with E-state index in [1.807, 2.05) is 24.3 Å². The van der Waals surface area contributed by atoms with Crippen molar-refractivity contribution in [3.05, 3.63) is 52.5 Å². The summed E-state index contributed by atoms with van der Waals surface area (Å²) < 4.78 is 32.2. The molecule has 25 heavy (non-hydrogen) atoms. The van der Waals surface area contributed by atoms with Crippen LogP contribution < -0.4 is 9.64 Å². The third-order valence-corrected chi connectivity index (χ3v) is 6.46. The minimum atomic E-state index is -3.61. The van der Waals surface area contributed by atoms with Gasteiger partial charge < -0.3 is 9.64 Å². The fourth-order valence-corrected chi connectivity index (χ4v) is 4.96. The van der Waals surface area contributed by atoms with Crippen LogP contribution in [0.15, 0.2) is 47.4 Å². The van der Waals surface area contributed by atoms with Gasteiger partial charge in [0.2, 0.25) is 10.0 Å². The van der Waals surface area contributed by atoms with Crippen LogP contribution in [0.3, 0.4) is 0 Å². The Morgan fingerprint density at radius 2 is 1.48 bits per heavy atom. The summed E-state index contributed by atoms with van der Waals surface area (Å²) in [6, 6.07) is 12.1. The number of sulfonamides is 1. The molecule has 3 rings (SSSR count). The van der Waals surface area contributed by atoms with E-state index in [1.54, 1.807) is 7.11 Å². The Bertz CT molecular complexity index is 828. The Balaban J connectivity index is 1.72. The fourth-order valence-electron chi connectivity index (χ4n) is 2.81. The van der Waals surface area contributed by atoms with Gasteiger partial charge in [-0.3, -0.25) is 0 Å². The molecule has 2 aromatic carbocycles. The van der Waals surface area contributed by atoms with Crippen molar-refractivity contribution < 1.29 is 13.2 Å². The second-order valence-corrected chi connectivity index (χ2v) is 8.51. The minimum absolute atomic E-state index is 0.128. The van der Waals surface area contributed by atoms with Crippen molar-refractivity contribution in [3.8, 4) is 5.75 Å². The van der Waals surface area contributed by atoms with Crippen LogP contribution in [-0.2, 0) is 10.0 Å². The highest BCUT2D eigenvalue weighted by Gasteiger charge is 2.29. The summed E-state index contributed by atoms with van der Waals surface area (Å²) in [5.74, 6) is 0.794. The van der Waals surface area contributed by atoms with Gasteiger partial charge in [-0.05, 0) is 42.5 Å². The standard InChI is InChI=1S/C17H18Cl2N2O3S/c1-24-16-4-2-15(3-5-16)20-6-8-21(9-7-20)25(22,23)17-11-13(18)10-14(19)12-17/h2-5,10-12H,6-9H2,1H3. The quantitative estimate of drug-likeness (QED) is 0.787. The number of benzene rings is 2. The highest BCUT2D eigenvalue weighted by Crippen LogP contribution is 2.26. The van der Waals surface area contributed by atoms with Gasteiger partial charge in [0, 0.05) is 41.9 Å². The first kappa shape index (κ1) is 18.3. The summed E-state index contributed by atoms with van der Waals surface area (Å²) in [7, 11) is -1.98. The first-order chi connectivity index (χ1) is 11.9. The Morgan fingerprint density at radius 1 is 0.920 bits per heavy atom. The molecule has 1 aliphatic heterocycles. The van der Waals surface area contributed by atoms with E-state index in [9.17, 15) is 8.42 Å². The van der Waals surface area contributed by atoms with Gasteiger partial charge >= 0.3 is 0 Å². The predicted molar refractivity (Wildman–Crippen MR) is 100 cm³/mol. The highest BCUT2D eigenvalue weighted by atomic mass is 35.5. The van der Waals surface area contributed by atoms with Crippen molar-refractivity contribution >= 4 is 38.9 Å². The Labute approximate surface area is 157 Å². The molecular weight excluding hydrogens is 383 g/mol. The number of hydrogen-bond donors (Lipinski definition) is 0. The Morgan fingerprint density at radius 3 is 2.00 bits per heavy atom. The first-order valence-corrected chi connectivity index (χ1v) is 9.95. The topological polar surface area (TPSA) is 49.9 Å². The van der Waals surface area contributed by atoms with Gasteiger partial charge in [0.25, 0.3) is 0 Å². The first-order valence-electron chi connectivity index (χ1n) is 7.75. The van der Waals surface area contributed by atoms with Gasteiger partial charge in [-0.25, -0.2) is 8.42 Å². The monoisotopic (exact) mass is 400 g/mol. The van der Waals surface area contributed by atoms with Gasteiger partial charge in [-0.15, -0.1) is 0 Å². The van der Waals surface area contributed by atoms with Crippen LogP contribution in [0.1, 0.15) is 0 Å². The molecule has 1 aliphatic rings. The van der Waals surface area contributed by atoms with Crippen LogP contribution in [0, 0.1) is 0 Å². The maximum absolute atomic E-state index is 12.8.